The third-order valence-corrected chi connectivity index (χ3v) is 4.66. The maximum atomic E-state index is 12.7. The Morgan fingerprint density at radius 3 is 2.33 bits per heavy atom. The first kappa shape index (κ1) is 16.7. The van der Waals surface area contributed by atoms with Gasteiger partial charge in [-0.2, -0.15) is 0 Å². The summed E-state index contributed by atoms with van der Waals surface area (Å²) in [5.41, 5.74) is 0.967. The highest BCUT2D eigenvalue weighted by atomic mass is 16.6. The second-order valence-corrected chi connectivity index (χ2v) is 6.27. The fraction of sp³-hybridized carbons (Fsp3) is 0.588. The number of carbonyl (C=O) groups excluding carboxylic acids is 1. The van der Waals surface area contributed by atoms with Crippen LogP contribution in [-0.4, -0.2) is 55.1 Å². The van der Waals surface area contributed by atoms with Gasteiger partial charge in [0, 0.05) is 37.8 Å². The lowest BCUT2D eigenvalue weighted by Gasteiger charge is -2.28. The van der Waals surface area contributed by atoms with E-state index in [1.165, 1.54) is 6.07 Å². The number of amides is 1. The lowest BCUT2D eigenvalue weighted by Crippen LogP contribution is -2.36. The summed E-state index contributed by atoms with van der Waals surface area (Å²) < 4.78 is 5.30. The van der Waals surface area contributed by atoms with Crippen LogP contribution in [0.15, 0.2) is 18.2 Å². The van der Waals surface area contributed by atoms with E-state index in [1.54, 1.807) is 12.1 Å². The number of morpholine rings is 1. The average Bonchev–Trinajstić information content (AvgIpc) is 2.90. The van der Waals surface area contributed by atoms with Crippen molar-refractivity contribution in [2.45, 2.75) is 25.7 Å². The van der Waals surface area contributed by atoms with Crippen LogP contribution in [0.2, 0.25) is 0 Å². The Morgan fingerprint density at radius 2 is 1.71 bits per heavy atom. The van der Waals surface area contributed by atoms with E-state index in [-0.39, 0.29) is 11.6 Å². The van der Waals surface area contributed by atoms with Crippen LogP contribution < -0.4 is 4.90 Å². The van der Waals surface area contributed by atoms with Gasteiger partial charge in [-0.3, -0.25) is 14.9 Å². The van der Waals surface area contributed by atoms with E-state index in [0.29, 0.717) is 37.6 Å². The number of hydrogen-bond donors (Lipinski definition) is 0. The summed E-state index contributed by atoms with van der Waals surface area (Å²) in [6.45, 7) is 3.84. The molecule has 1 amide bonds. The van der Waals surface area contributed by atoms with Gasteiger partial charge in [0.05, 0.1) is 18.1 Å². The van der Waals surface area contributed by atoms with Crippen LogP contribution in [0.4, 0.5) is 11.4 Å². The number of ether oxygens (including phenoxy) is 1. The standard InChI is InChI=1S/C17H23N3O4/c21-17(19-7-3-1-2-4-8-19)14-5-6-15(16(13-14)20(22)23)18-9-11-24-12-10-18/h5-6,13H,1-4,7-12H2. The van der Waals surface area contributed by atoms with E-state index >= 15 is 0 Å². The minimum Gasteiger partial charge on any atom is -0.378 e. The fourth-order valence-electron chi connectivity index (χ4n) is 3.33. The summed E-state index contributed by atoms with van der Waals surface area (Å²) in [6.07, 6.45) is 4.28. The number of nitrogens with zero attached hydrogens (tertiary/aromatic N) is 3. The first-order valence-electron chi connectivity index (χ1n) is 8.57. The van der Waals surface area contributed by atoms with Gasteiger partial charge in [0.15, 0.2) is 0 Å². The van der Waals surface area contributed by atoms with E-state index in [4.69, 9.17) is 4.74 Å². The normalized spacial score (nSPS) is 19.0. The second kappa shape index (κ2) is 7.61. The Kier molecular flexibility index (Phi) is 5.30. The van der Waals surface area contributed by atoms with Gasteiger partial charge < -0.3 is 14.5 Å². The molecule has 2 aliphatic rings. The first-order valence-corrected chi connectivity index (χ1v) is 8.57. The van der Waals surface area contributed by atoms with Crippen molar-refractivity contribution >= 4 is 17.3 Å². The molecule has 0 N–H and O–H groups in total. The Labute approximate surface area is 141 Å². The molecule has 1 aromatic rings. The molecular weight excluding hydrogens is 310 g/mol. The summed E-state index contributed by atoms with van der Waals surface area (Å²) >= 11 is 0. The van der Waals surface area contributed by atoms with Crippen LogP contribution >= 0.6 is 0 Å². The summed E-state index contributed by atoms with van der Waals surface area (Å²) in [5, 5.41) is 11.5. The van der Waals surface area contributed by atoms with Crippen LogP contribution in [0.1, 0.15) is 36.0 Å². The number of nitro groups is 1. The largest absolute Gasteiger partial charge is 0.378 e. The fourth-order valence-corrected chi connectivity index (χ4v) is 3.33. The van der Waals surface area contributed by atoms with Crippen molar-refractivity contribution in [1.29, 1.82) is 0 Å². The molecule has 130 valence electrons. The van der Waals surface area contributed by atoms with Crippen LogP contribution in [0.3, 0.4) is 0 Å². The average molecular weight is 333 g/mol. The van der Waals surface area contributed by atoms with Crippen molar-refractivity contribution in [3.8, 4) is 0 Å². The van der Waals surface area contributed by atoms with Gasteiger partial charge in [-0.25, -0.2) is 0 Å². The Bertz CT molecular complexity index is 606. The minimum atomic E-state index is -0.399. The van der Waals surface area contributed by atoms with Crippen molar-refractivity contribution in [3.63, 3.8) is 0 Å². The molecule has 0 radical (unpaired) electrons. The van der Waals surface area contributed by atoms with E-state index in [0.717, 1.165) is 38.8 Å². The van der Waals surface area contributed by atoms with Crippen molar-refractivity contribution in [3.05, 3.63) is 33.9 Å². The third kappa shape index (κ3) is 3.67. The van der Waals surface area contributed by atoms with Crippen LogP contribution in [-0.2, 0) is 4.74 Å². The number of nitro benzene ring substituents is 1. The van der Waals surface area contributed by atoms with Gasteiger partial charge in [-0.15, -0.1) is 0 Å². The number of likely N-dealkylation sites (tertiary alicyclic amines) is 1. The van der Waals surface area contributed by atoms with Gasteiger partial charge in [-0.05, 0) is 25.0 Å². The van der Waals surface area contributed by atoms with Gasteiger partial charge in [-0.1, -0.05) is 12.8 Å². The molecule has 0 atom stereocenters. The predicted molar refractivity (Wildman–Crippen MR) is 90.5 cm³/mol. The van der Waals surface area contributed by atoms with Crippen LogP contribution in [0.25, 0.3) is 0 Å². The SMILES string of the molecule is O=C(c1ccc(N2CCOCC2)c([N+](=O)[O-])c1)N1CCCCCC1. The molecule has 0 saturated carbocycles. The molecule has 2 heterocycles. The second-order valence-electron chi connectivity index (χ2n) is 6.27. The number of hydrogen-bond acceptors (Lipinski definition) is 5. The first-order chi connectivity index (χ1) is 11.7. The lowest BCUT2D eigenvalue weighted by atomic mass is 10.1. The van der Waals surface area contributed by atoms with Gasteiger partial charge in [0.2, 0.25) is 0 Å². The molecule has 7 nitrogen and oxygen atoms in total. The topological polar surface area (TPSA) is 75.9 Å². The van der Waals surface area contributed by atoms with Crippen LogP contribution in [0, 0.1) is 10.1 Å². The summed E-state index contributed by atoms with van der Waals surface area (Å²) in [4.78, 5) is 27.5. The highest BCUT2D eigenvalue weighted by Gasteiger charge is 2.25. The molecule has 2 aliphatic heterocycles. The Hall–Kier alpha value is -2.15. The maximum absolute atomic E-state index is 12.7. The smallest absolute Gasteiger partial charge is 0.293 e. The molecule has 2 fully saturated rings. The molecule has 0 aliphatic carbocycles. The monoisotopic (exact) mass is 333 g/mol. The molecule has 7 heteroatoms. The van der Waals surface area contributed by atoms with E-state index in [1.807, 2.05) is 9.80 Å². The van der Waals surface area contributed by atoms with Crippen molar-refractivity contribution in [2.24, 2.45) is 0 Å². The lowest BCUT2D eigenvalue weighted by molar-refractivity contribution is -0.384. The van der Waals surface area contributed by atoms with E-state index in [2.05, 4.69) is 0 Å². The molecule has 24 heavy (non-hydrogen) atoms. The zero-order valence-corrected chi connectivity index (χ0v) is 13.8. The minimum absolute atomic E-state index is 0.00225. The molecule has 2 saturated heterocycles. The maximum Gasteiger partial charge on any atom is 0.293 e. The Balaban J connectivity index is 1.85. The molecule has 0 unspecified atom stereocenters. The van der Waals surface area contributed by atoms with Gasteiger partial charge in [0.25, 0.3) is 11.6 Å². The number of carbonyl (C=O) groups is 1. The van der Waals surface area contributed by atoms with Gasteiger partial charge in [0.1, 0.15) is 5.69 Å². The number of benzene rings is 1. The number of anilines is 1. The molecule has 3 rings (SSSR count). The third-order valence-electron chi connectivity index (χ3n) is 4.66. The van der Waals surface area contributed by atoms with Crippen molar-refractivity contribution < 1.29 is 14.5 Å². The highest BCUT2D eigenvalue weighted by Crippen LogP contribution is 2.30. The molecule has 0 spiro atoms. The number of rotatable bonds is 3. The highest BCUT2D eigenvalue weighted by molar-refractivity contribution is 5.95. The summed E-state index contributed by atoms with van der Waals surface area (Å²) in [7, 11) is 0. The predicted octanol–water partition coefficient (Wildman–Crippen LogP) is 2.45. The molecule has 0 bridgehead atoms. The molecule has 0 aromatic heterocycles. The molecule has 1 aromatic carbocycles. The summed E-state index contributed by atoms with van der Waals surface area (Å²) in [5.74, 6) is -0.103. The zero-order chi connectivity index (χ0) is 16.9. The van der Waals surface area contributed by atoms with Crippen molar-refractivity contribution in [1.82, 2.24) is 4.90 Å². The molecular formula is C17H23N3O4. The van der Waals surface area contributed by atoms with Crippen molar-refractivity contribution in [2.75, 3.05) is 44.3 Å². The summed E-state index contributed by atoms with van der Waals surface area (Å²) in [6, 6.07) is 4.84. The van der Waals surface area contributed by atoms with E-state index < -0.39 is 4.92 Å². The van der Waals surface area contributed by atoms with Gasteiger partial charge >= 0.3 is 0 Å². The zero-order valence-electron chi connectivity index (χ0n) is 13.8. The van der Waals surface area contributed by atoms with Crippen LogP contribution in [0.5, 0.6) is 0 Å². The quantitative estimate of drug-likeness (QED) is 0.627. The Morgan fingerprint density at radius 1 is 1.04 bits per heavy atom. The van der Waals surface area contributed by atoms with E-state index in [9.17, 15) is 14.9 Å².